The van der Waals surface area contributed by atoms with Gasteiger partial charge in [0, 0.05) is 51.7 Å². The predicted molar refractivity (Wildman–Crippen MR) is 87.2 cm³/mol. The Balaban J connectivity index is 2.20. The van der Waals surface area contributed by atoms with Gasteiger partial charge >= 0.3 is 0 Å². The van der Waals surface area contributed by atoms with E-state index in [2.05, 4.69) is 15.2 Å². The Kier molecular flexibility index (Phi) is 3.89. The first-order valence-corrected chi connectivity index (χ1v) is 7.32. The number of benzene rings is 1. The van der Waals surface area contributed by atoms with Crippen molar-refractivity contribution in [3.05, 3.63) is 12.1 Å². The zero-order chi connectivity index (χ0) is 15.7. The van der Waals surface area contributed by atoms with Gasteiger partial charge in [-0.2, -0.15) is 4.98 Å². The number of hydrogen-bond acceptors (Lipinski definition) is 7. The minimum atomic E-state index is 0.0877. The van der Waals surface area contributed by atoms with Crippen molar-refractivity contribution in [3.8, 4) is 11.5 Å². The highest BCUT2D eigenvalue weighted by Gasteiger charge is 2.19. The van der Waals surface area contributed by atoms with Crippen LogP contribution in [0, 0.1) is 0 Å². The fourth-order valence-electron chi connectivity index (χ4n) is 2.60. The molecule has 2 aromatic rings. The molecule has 1 aromatic carbocycles. The largest absolute Gasteiger partial charge is 0.504 e. The lowest BCUT2D eigenvalue weighted by Crippen LogP contribution is -2.44. The number of ether oxygens (including phenoxy) is 1. The number of nitrogens with zero attached hydrogens (tertiary/aromatic N) is 4. The normalized spacial score (nSPS) is 15.1. The molecule has 1 aliphatic heterocycles. The molecule has 1 aliphatic rings. The van der Waals surface area contributed by atoms with E-state index in [9.17, 15) is 5.11 Å². The summed E-state index contributed by atoms with van der Waals surface area (Å²) < 4.78 is 5.23. The van der Waals surface area contributed by atoms with Crippen LogP contribution < -0.4 is 19.9 Å². The number of aromatic hydroxyl groups is 1. The van der Waals surface area contributed by atoms with Crippen LogP contribution in [0.1, 0.15) is 0 Å². The van der Waals surface area contributed by atoms with Gasteiger partial charge in [-0.15, -0.1) is 0 Å². The molecule has 7 nitrogen and oxygen atoms in total. The third-order valence-corrected chi connectivity index (χ3v) is 3.78. The van der Waals surface area contributed by atoms with E-state index in [1.54, 1.807) is 13.2 Å². The predicted octanol–water partition coefficient (Wildman–Crippen LogP) is 0.820. The SMILES string of the molecule is COc1cc2c(N3CCNCC3)nc(N(C)C)nc2cc1O. The van der Waals surface area contributed by atoms with Gasteiger partial charge in [-0.3, -0.25) is 0 Å². The van der Waals surface area contributed by atoms with Crippen LogP contribution in [0.2, 0.25) is 0 Å². The van der Waals surface area contributed by atoms with E-state index in [0.717, 1.165) is 37.4 Å². The van der Waals surface area contributed by atoms with Crippen molar-refractivity contribution in [2.24, 2.45) is 0 Å². The smallest absolute Gasteiger partial charge is 0.227 e. The van der Waals surface area contributed by atoms with Crippen LogP contribution in [0.3, 0.4) is 0 Å². The van der Waals surface area contributed by atoms with Gasteiger partial charge in [0.2, 0.25) is 5.95 Å². The first-order valence-electron chi connectivity index (χ1n) is 7.32. The first kappa shape index (κ1) is 14.6. The molecule has 118 valence electrons. The molecule has 3 rings (SSSR count). The number of hydrogen-bond donors (Lipinski definition) is 2. The van der Waals surface area contributed by atoms with Crippen molar-refractivity contribution in [2.75, 3.05) is 57.2 Å². The molecule has 2 N–H and O–H groups in total. The summed E-state index contributed by atoms with van der Waals surface area (Å²) in [4.78, 5) is 13.3. The van der Waals surface area contributed by atoms with E-state index >= 15 is 0 Å². The summed E-state index contributed by atoms with van der Waals surface area (Å²) >= 11 is 0. The Morgan fingerprint density at radius 2 is 1.95 bits per heavy atom. The summed E-state index contributed by atoms with van der Waals surface area (Å²) in [5.41, 5.74) is 0.713. The van der Waals surface area contributed by atoms with Crippen LogP contribution in [0.15, 0.2) is 12.1 Å². The number of anilines is 2. The van der Waals surface area contributed by atoms with Gasteiger partial charge in [0.15, 0.2) is 11.5 Å². The van der Waals surface area contributed by atoms with E-state index in [-0.39, 0.29) is 5.75 Å². The molecule has 1 fully saturated rings. The fraction of sp³-hybridized carbons (Fsp3) is 0.467. The zero-order valence-electron chi connectivity index (χ0n) is 13.1. The van der Waals surface area contributed by atoms with Crippen LogP contribution in [0.5, 0.6) is 11.5 Å². The van der Waals surface area contributed by atoms with E-state index in [1.807, 2.05) is 25.1 Å². The lowest BCUT2D eigenvalue weighted by Gasteiger charge is -2.30. The number of phenols is 1. The second-order valence-electron chi connectivity index (χ2n) is 5.52. The van der Waals surface area contributed by atoms with Crippen LogP contribution in [0.25, 0.3) is 10.9 Å². The topological polar surface area (TPSA) is 73.8 Å². The molecular formula is C15H21N5O2. The Labute approximate surface area is 129 Å². The number of aromatic nitrogens is 2. The number of piperazine rings is 1. The average Bonchev–Trinajstić information content (AvgIpc) is 2.53. The van der Waals surface area contributed by atoms with Gasteiger partial charge in [0.25, 0.3) is 0 Å². The van der Waals surface area contributed by atoms with Gasteiger partial charge in [-0.25, -0.2) is 4.98 Å². The van der Waals surface area contributed by atoms with E-state index in [1.165, 1.54) is 0 Å². The Hall–Kier alpha value is -2.28. The van der Waals surface area contributed by atoms with Crippen LogP contribution in [-0.4, -0.2) is 62.5 Å². The average molecular weight is 303 g/mol. The number of fused-ring (bicyclic) bond motifs is 1. The van der Waals surface area contributed by atoms with Crippen molar-refractivity contribution in [1.29, 1.82) is 0 Å². The Morgan fingerprint density at radius 1 is 1.23 bits per heavy atom. The molecular weight excluding hydrogens is 282 g/mol. The number of rotatable bonds is 3. The lowest BCUT2D eigenvalue weighted by atomic mass is 10.2. The summed E-state index contributed by atoms with van der Waals surface area (Å²) in [7, 11) is 5.36. The van der Waals surface area contributed by atoms with Gasteiger partial charge in [0.05, 0.1) is 12.6 Å². The number of phenolic OH excluding ortho intramolecular Hbond substituents is 1. The molecule has 7 heteroatoms. The molecule has 1 aromatic heterocycles. The quantitative estimate of drug-likeness (QED) is 0.869. The second kappa shape index (κ2) is 5.84. The molecule has 2 heterocycles. The molecule has 0 saturated carbocycles. The molecule has 22 heavy (non-hydrogen) atoms. The molecule has 0 radical (unpaired) electrons. The third-order valence-electron chi connectivity index (χ3n) is 3.78. The maximum atomic E-state index is 10.0. The maximum absolute atomic E-state index is 10.0. The van der Waals surface area contributed by atoms with E-state index < -0.39 is 0 Å². The summed E-state index contributed by atoms with van der Waals surface area (Å²) in [6.07, 6.45) is 0. The van der Waals surface area contributed by atoms with Gasteiger partial charge < -0.3 is 25.0 Å². The van der Waals surface area contributed by atoms with Gasteiger partial charge in [-0.1, -0.05) is 0 Å². The van der Waals surface area contributed by atoms with E-state index in [4.69, 9.17) is 9.72 Å². The summed E-state index contributed by atoms with van der Waals surface area (Å²) in [6, 6.07) is 3.44. The molecule has 0 bridgehead atoms. The zero-order valence-corrected chi connectivity index (χ0v) is 13.1. The number of nitrogens with one attached hydrogen (secondary N) is 1. The highest BCUT2D eigenvalue weighted by atomic mass is 16.5. The van der Waals surface area contributed by atoms with E-state index in [0.29, 0.717) is 17.2 Å². The summed E-state index contributed by atoms with van der Waals surface area (Å²) in [5.74, 6) is 2.04. The van der Waals surface area contributed by atoms with Crippen molar-refractivity contribution in [2.45, 2.75) is 0 Å². The summed E-state index contributed by atoms with van der Waals surface area (Å²) in [6.45, 7) is 3.64. The fourth-order valence-corrected chi connectivity index (χ4v) is 2.60. The van der Waals surface area contributed by atoms with Crippen LogP contribution >= 0.6 is 0 Å². The van der Waals surface area contributed by atoms with Crippen LogP contribution in [0.4, 0.5) is 11.8 Å². The Bertz CT molecular complexity index is 683. The van der Waals surface area contributed by atoms with Crippen molar-refractivity contribution < 1.29 is 9.84 Å². The monoisotopic (exact) mass is 303 g/mol. The highest BCUT2D eigenvalue weighted by molar-refractivity contribution is 5.93. The van der Waals surface area contributed by atoms with Gasteiger partial charge in [0.1, 0.15) is 5.82 Å². The lowest BCUT2D eigenvalue weighted by molar-refractivity contribution is 0.374. The molecule has 0 aliphatic carbocycles. The molecule has 0 spiro atoms. The van der Waals surface area contributed by atoms with Crippen molar-refractivity contribution in [1.82, 2.24) is 15.3 Å². The van der Waals surface area contributed by atoms with Gasteiger partial charge in [-0.05, 0) is 6.07 Å². The van der Waals surface area contributed by atoms with Crippen molar-refractivity contribution in [3.63, 3.8) is 0 Å². The Morgan fingerprint density at radius 3 is 2.59 bits per heavy atom. The van der Waals surface area contributed by atoms with Crippen LogP contribution in [-0.2, 0) is 0 Å². The summed E-state index contributed by atoms with van der Waals surface area (Å²) in [5, 5.41) is 14.2. The highest BCUT2D eigenvalue weighted by Crippen LogP contribution is 2.35. The molecule has 0 unspecified atom stereocenters. The third kappa shape index (κ3) is 2.59. The minimum Gasteiger partial charge on any atom is -0.504 e. The number of methoxy groups -OCH3 is 1. The second-order valence-corrected chi connectivity index (χ2v) is 5.52. The molecule has 0 atom stereocenters. The maximum Gasteiger partial charge on any atom is 0.227 e. The molecule has 1 saturated heterocycles. The standard InChI is InChI=1S/C15H21N5O2/c1-19(2)15-17-11-9-12(21)13(22-3)8-10(11)14(18-15)20-6-4-16-5-7-20/h8-9,16,21H,4-7H2,1-3H3. The minimum absolute atomic E-state index is 0.0877. The van der Waals surface area contributed by atoms with Crippen molar-refractivity contribution >= 4 is 22.7 Å². The first-order chi connectivity index (χ1) is 10.6. The molecule has 0 amide bonds.